The standard InChI is InChI=1S/C18H14N4O2S2/c1-26(23,24)14-4-2-3-12(9-14)15-10-25-18-16(15)17(20-11-21-18)22-13-5-7-19-8-6-13/h2-11H,1H3,(H,19,20,21,22). The first-order chi connectivity index (χ1) is 12.5. The summed E-state index contributed by atoms with van der Waals surface area (Å²) in [6.07, 6.45) is 6.12. The third-order valence-electron chi connectivity index (χ3n) is 3.89. The number of sulfone groups is 1. The van der Waals surface area contributed by atoms with Gasteiger partial charge in [-0.05, 0) is 29.8 Å². The lowest BCUT2D eigenvalue weighted by Crippen LogP contribution is -1.97. The molecule has 0 aliphatic carbocycles. The van der Waals surface area contributed by atoms with E-state index in [2.05, 4.69) is 20.3 Å². The Labute approximate surface area is 154 Å². The number of thiophene rings is 1. The number of benzene rings is 1. The Morgan fingerprint density at radius 2 is 1.88 bits per heavy atom. The van der Waals surface area contributed by atoms with Gasteiger partial charge in [-0.3, -0.25) is 4.98 Å². The number of aromatic nitrogens is 3. The molecule has 1 N–H and O–H groups in total. The van der Waals surface area contributed by atoms with E-state index in [1.54, 1.807) is 30.6 Å². The van der Waals surface area contributed by atoms with Crippen LogP contribution in [0.5, 0.6) is 0 Å². The van der Waals surface area contributed by atoms with E-state index >= 15 is 0 Å². The molecule has 1 aromatic carbocycles. The highest BCUT2D eigenvalue weighted by atomic mass is 32.2. The second kappa shape index (κ2) is 6.47. The first-order valence-electron chi connectivity index (χ1n) is 7.72. The summed E-state index contributed by atoms with van der Waals surface area (Å²) in [6.45, 7) is 0. The van der Waals surface area contributed by atoms with E-state index in [1.165, 1.54) is 23.9 Å². The minimum absolute atomic E-state index is 0.287. The smallest absolute Gasteiger partial charge is 0.175 e. The van der Waals surface area contributed by atoms with E-state index in [1.807, 2.05) is 23.6 Å². The fraction of sp³-hybridized carbons (Fsp3) is 0.0556. The highest BCUT2D eigenvalue weighted by Gasteiger charge is 2.15. The van der Waals surface area contributed by atoms with Gasteiger partial charge in [-0.1, -0.05) is 12.1 Å². The van der Waals surface area contributed by atoms with Crippen LogP contribution in [0.3, 0.4) is 0 Å². The van der Waals surface area contributed by atoms with Gasteiger partial charge in [0.2, 0.25) is 0 Å². The van der Waals surface area contributed by atoms with E-state index in [4.69, 9.17) is 0 Å². The minimum Gasteiger partial charge on any atom is -0.339 e. The van der Waals surface area contributed by atoms with Crippen molar-refractivity contribution in [1.82, 2.24) is 15.0 Å². The average molecular weight is 382 g/mol. The number of pyridine rings is 1. The zero-order valence-corrected chi connectivity index (χ0v) is 15.4. The Hall–Kier alpha value is -2.84. The molecule has 0 aliphatic rings. The SMILES string of the molecule is CS(=O)(=O)c1cccc(-c2csc3ncnc(Nc4ccncc4)c23)c1. The number of fused-ring (bicyclic) bond motifs is 1. The summed E-state index contributed by atoms with van der Waals surface area (Å²) in [5.74, 6) is 0.669. The van der Waals surface area contributed by atoms with Crippen LogP contribution in [0, 0.1) is 0 Å². The second-order valence-electron chi connectivity index (χ2n) is 5.71. The van der Waals surface area contributed by atoms with Crippen LogP contribution >= 0.6 is 11.3 Å². The van der Waals surface area contributed by atoms with Crippen molar-refractivity contribution in [3.05, 3.63) is 60.5 Å². The van der Waals surface area contributed by atoms with Gasteiger partial charge in [-0.15, -0.1) is 11.3 Å². The van der Waals surface area contributed by atoms with Crippen LogP contribution in [-0.4, -0.2) is 29.6 Å². The lowest BCUT2D eigenvalue weighted by molar-refractivity contribution is 0.602. The van der Waals surface area contributed by atoms with Gasteiger partial charge < -0.3 is 5.32 Å². The molecule has 0 saturated carbocycles. The maximum Gasteiger partial charge on any atom is 0.175 e. The van der Waals surface area contributed by atoms with Crippen molar-refractivity contribution in [2.24, 2.45) is 0 Å². The summed E-state index contributed by atoms with van der Waals surface area (Å²) in [4.78, 5) is 13.8. The zero-order chi connectivity index (χ0) is 18.1. The molecule has 3 heterocycles. The lowest BCUT2D eigenvalue weighted by Gasteiger charge is -2.09. The lowest BCUT2D eigenvalue weighted by atomic mass is 10.1. The highest BCUT2D eigenvalue weighted by molar-refractivity contribution is 7.90. The van der Waals surface area contributed by atoms with Gasteiger partial charge in [0.05, 0.1) is 10.3 Å². The minimum atomic E-state index is -3.28. The van der Waals surface area contributed by atoms with Crippen LogP contribution in [0.15, 0.2) is 65.4 Å². The van der Waals surface area contributed by atoms with Crippen LogP contribution in [-0.2, 0) is 9.84 Å². The van der Waals surface area contributed by atoms with Gasteiger partial charge >= 0.3 is 0 Å². The second-order valence-corrected chi connectivity index (χ2v) is 8.59. The molecule has 0 spiro atoms. The molecule has 4 aromatic rings. The number of nitrogens with zero attached hydrogens (tertiary/aromatic N) is 3. The van der Waals surface area contributed by atoms with Gasteiger partial charge in [-0.2, -0.15) is 0 Å². The molecule has 0 atom stereocenters. The van der Waals surface area contributed by atoms with E-state index < -0.39 is 9.84 Å². The van der Waals surface area contributed by atoms with E-state index in [0.717, 1.165) is 27.0 Å². The van der Waals surface area contributed by atoms with Gasteiger partial charge in [-0.25, -0.2) is 18.4 Å². The van der Waals surface area contributed by atoms with Crippen LogP contribution < -0.4 is 5.32 Å². The molecule has 0 saturated heterocycles. The predicted octanol–water partition coefficient (Wildman–Crippen LogP) is 3.90. The van der Waals surface area contributed by atoms with Crippen LogP contribution in [0.2, 0.25) is 0 Å². The van der Waals surface area contributed by atoms with E-state index in [9.17, 15) is 8.42 Å². The summed E-state index contributed by atoms with van der Waals surface area (Å²) >= 11 is 1.49. The number of nitrogens with one attached hydrogen (secondary N) is 1. The Kier molecular flexibility index (Phi) is 4.14. The van der Waals surface area contributed by atoms with Crippen molar-refractivity contribution >= 4 is 42.9 Å². The molecule has 0 radical (unpaired) electrons. The third kappa shape index (κ3) is 3.16. The topological polar surface area (TPSA) is 84.8 Å². The van der Waals surface area contributed by atoms with Gasteiger partial charge in [0.1, 0.15) is 17.0 Å². The number of hydrogen-bond donors (Lipinski definition) is 1. The van der Waals surface area contributed by atoms with Crippen LogP contribution in [0.25, 0.3) is 21.3 Å². The molecule has 0 unspecified atom stereocenters. The maximum atomic E-state index is 11.9. The predicted molar refractivity (Wildman–Crippen MR) is 103 cm³/mol. The molecule has 3 aromatic heterocycles. The summed E-state index contributed by atoms with van der Waals surface area (Å²) in [6, 6.07) is 10.6. The Balaban J connectivity index is 1.87. The maximum absolute atomic E-state index is 11.9. The molecule has 0 aliphatic heterocycles. The first-order valence-corrected chi connectivity index (χ1v) is 10.5. The Morgan fingerprint density at radius 1 is 1.08 bits per heavy atom. The van der Waals surface area contributed by atoms with Gasteiger partial charge in [0.25, 0.3) is 0 Å². The van der Waals surface area contributed by atoms with Crippen molar-refractivity contribution in [2.75, 3.05) is 11.6 Å². The Bertz CT molecular complexity index is 1190. The van der Waals surface area contributed by atoms with E-state index in [0.29, 0.717) is 5.82 Å². The highest BCUT2D eigenvalue weighted by Crippen LogP contribution is 2.37. The quantitative estimate of drug-likeness (QED) is 0.576. The zero-order valence-electron chi connectivity index (χ0n) is 13.7. The largest absolute Gasteiger partial charge is 0.339 e. The van der Waals surface area contributed by atoms with Gasteiger partial charge in [0.15, 0.2) is 9.84 Å². The van der Waals surface area contributed by atoms with Crippen molar-refractivity contribution in [3.63, 3.8) is 0 Å². The van der Waals surface area contributed by atoms with Crippen molar-refractivity contribution in [1.29, 1.82) is 0 Å². The molecule has 0 bridgehead atoms. The average Bonchev–Trinajstić information content (AvgIpc) is 3.07. The molecule has 4 rings (SSSR count). The molecule has 6 nitrogen and oxygen atoms in total. The Morgan fingerprint density at radius 3 is 2.65 bits per heavy atom. The summed E-state index contributed by atoms with van der Waals surface area (Å²) in [5.41, 5.74) is 2.57. The molecule has 130 valence electrons. The summed E-state index contributed by atoms with van der Waals surface area (Å²) < 4.78 is 23.8. The number of anilines is 2. The molecular formula is C18H14N4O2S2. The fourth-order valence-electron chi connectivity index (χ4n) is 2.65. The van der Waals surface area contributed by atoms with Crippen LogP contribution in [0.1, 0.15) is 0 Å². The monoisotopic (exact) mass is 382 g/mol. The fourth-order valence-corrected chi connectivity index (χ4v) is 4.23. The molecular weight excluding hydrogens is 368 g/mol. The van der Waals surface area contributed by atoms with Crippen molar-refractivity contribution in [2.45, 2.75) is 4.90 Å². The first kappa shape index (κ1) is 16.6. The normalized spacial score (nSPS) is 11.6. The van der Waals surface area contributed by atoms with E-state index in [-0.39, 0.29) is 4.90 Å². The van der Waals surface area contributed by atoms with Gasteiger partial charge in [0, 0.05) is 35.3 Å². The molecule has 0 fully saturated rings. The van der Waals surface area contributed by atoms with Crippen molar-refractivity contribution in [3.8, 4) is 11.1 Å². The molecule has 8 heteroatoms. The number of rotatable bonds is 4. The third-order valence-corrected chi connectivity index (χ3v) is 5.88. The van der Waals surface area contributed by atoms with Crippen LogP contribution in [0.4, 0.5) is 11.5 Å². The summed E-state index contributed by atoms with van der Waals surface area (Å²) in [7, 11) is -3.28. The molecule has 26 heavy (non-hydrogen) atoms. The number of hydrogen-bond acceptors (Lipinski definition) is 7. The van der Waals surface area contributed by atoms with Crippen molar-refractivity contribution < 1.29 is 8.42 Å². The molecule has 0 amide bonds. The summed E-state index contributed by atoms with van der Waals surface area (Å²) in [5, 5.41) is 6.12.